The number of nitrogens with one attached hydrogen (secondary N) is 1. The molecule has 1 unspecified atom stereocenters. The summed E-state index contributed by atoms with van der Waals surface area (Å²) in [5.41, 5.74) is 1.60. The Morgan fingerprint density at radius 2 is 2.00 bits per heavy atom. The average molecular weight is 347 g/mol. The van der Waals surface area contributed by atoms with Gasteiger partial charge in [0.2, 0.25) is 5.91 Å². The molecule has 24 heavy (non-hydrogen) atoms. The van der Waals surface area contributed by atoms with Gasteiger partial charge in [-0.2, -0.15) is 0 Å². The van der Waals surface area contributed by atoms with E-state index in [0.29, 0.717) is 11.6 Å². The lowest BCUT2D eigenvalue weighted by Crippen LogP contribution is -2.33. The molecule has 0 saturated carbocycles. The van der Waals surface area contributed by atoms with E-state index in [1.54, 1.807) is 18.2 Å². The summed E-state index contributed by atoms with van der Waals surface area (Å²) in [5.74, 6) is -0.512. The molecule has 0 aliphatic rings. The second-order valence-electron chi connectivity index (χ2n) is 5.63. The summed E-state index contributed by atoms with van der Waals surface area (Å²) in [6.07, 6.45) is 3.12. The molecule has 1 atom stereocenters. The smallest absolute Gasteiger partial charge is 0.244 e. The van der Waals surface area contributed by atoms with Crippen LogP contribution in [0, 0.1) is 5.82 Å². The van der Waals surface area contributed by atoms with E-state index in [0.717, 1.165) is 11.1 Å². The Kier molecular flexibility index (Phi) is 6.53. The number of hydrogen-bond acceptors (Lipinski definition) is 2. The van der Waals surface area contributed by atoms with Gasteiger partial charge in [-0.3, -0.25) is 4.79 Å². The predicted octanol–water partition coefficient (Wildman–Crippen LogP) is 3.91. The molecule has 0 aliphatic heterocycles. The van der Waals surface area contributed by atoms with Gasteiger partial charge in [-0.05, 0) is 49.5 Å². The third-order valence-electron chi connectivity index (χ3n) is 3.65. The van der Waals surface area contributed by atoms with Crippen LogP contribution in [0.3, 0.4) is 0 Å². The second-order valence-corrected chi connectivity index (χ2v) is 6.04. The van der Waals surface area contributed by atoms with Crippen LogP contribution in [0.2, 0.25) is 5.02 Å². The molecule has 0 saturated heterocycles. The summed E-state index contributed by atoms with van der Waals surface area (Å²) >= 11 is 6.05. The molecule has 0 aromatic heterocycles. The van der Waals surface area contributed by atoms with E-state index in [1.807, 2.05) is 43.3 Å². The molecule has 0 spiro atoms. The van der Waals surface area contributed by atoms with Crippen LogP contribution in [0.4, 0.5) is 4.39 Å². The number of halogens is 2. The molecular formula is C19H20ClFN2O. The van der Waals surface area contributed by atoms with Gasteiger partial charge in [0.25, 0.3) is 0 Å². The summed E-state index contributed by atoms with van der Waals surface area (Å²) in [5, 5.41) is 3.43. The zero-order valence-corrected chi connectivity index (χ0v) is 14.4. The Balaban J connectivity index is 1.99. The van der Waals surface area contributed by atoms with E-state index in [1.165, 1.54) is 18.2 Å². The number of amides is 1. The molecule has 0 aliphatic carbocycles. The number of rotatable bonds is 6. The van der Waals surface area contributed by atoms with Crippen LogP contribution in [0.15, 0.2) is 54.6 Å². The lowest BCUT2D eigenvalue weighted by atomic mass is 10.1. The zero-order valence-electron chi connectivity index (χ0n) is 13.7. The molecule has 2 aromatic carbocycles. The molecule has 3 nitrogen and oxygen atoms in total. The fourth-order valence-corrected chi connectivity index (χ4v) is 2.54. The lowest BCUT2D eigenvalue weighted by molar-refractivity contribution is -0.116. The largest absolute Gasteiger partial charge is 0.351 e. The zero-order chi connectivity index (χ0) is 17.5. The van der Waals surface area contributed by atoms with Crippen LogP contribution < -0.4 is 5.32 Å². The van der Waals surface area contributed by atoms with Crippen molar-refractivity contribution in [3.63, 3.8) is 0 Å². The highest BCUT2D eigenvalue weighted by Gasteiger charge is 2.15. The average Bonchev–Trinajstić information content (AvgIpc) is 2.54. The third-order valence-corrected chi connectivity index (χ3v) is 3.99. The number of hydrogen-bond donors (Lipinski definition) is 1. The summed E-state index contributed by atoms with van der Waals surface area (Å²) in [7, 11) is 3.78. The molecule has 126 valence electrons. The van der Waals surface area contributed by atoms with Crippen LogP contribution in [0.5, 0.6) is 0 Å². The van der Waals surface area contributed by atoms with Crippen LogP contribution in [-0.4, -0.2) is 31.4 Å². The van der Waals surface area contributed by atoms with Crippen LogP contribution >= 0.6 is 11.6 Å². The standard InChI is InChI=1S/C19H20ClFN2O/c1-23(2)18(15-7-5-8-16(21)12-15)13-22-19(24)11-10-14-6-3-4-9-17(14)20/h3-12,18H,13H2,1-2H3,(H,22,24)/b11-10+. The Hall–Kier alpha value is -2.17. The molecule has 0 radical (unpaired) electrons. The van der Waals surface area contributed by atoms with Crippen molar-refractivity contribution in [2.75, 3.05) is 20.6 Å². The highest BCUT2D eigenvalue weighted by Crippen LogP contribution is 2.18. The maximum absolute atomic E-state index is 13.4. The van der Waals surface area contributed by atoms with Gasteiger partial charge in [-0.25, -0.2) is 4.39 Å². The number of nitrogens with zero attached hydrogens (tertiary/aromatic N) is 1. The Labute approximate surface area is 146 Å². The number of carbonyl (C=O) groups is 1. The molecule has 2 aromatic rings. The van der Waals surface area contributed by atoms with Gasteiger partial charge < -0.3 is 10.2 Å². The Bertz CT molecular complexity index is 731. The van der Waals surface area contributed by atoms with Gasteiger partial charge in [-0.1, -0.05) is 41.9 Å². The maximum Gasteiger partial charge on any atom is 0.244 e. The molecule has 5 heteroatoms. The normalized spacial score (nSPS) is 12.5. The minimum absolute atomic E-state index is 0.113. The van der Waals surface area contributed by atoms with Crippen molar-refractivity contribution >= 4 is 23.6 Å². The minimum Gasteiger partial charge on any atom is -0.351 e. The van der Waals surface area contributed by atoms with E-state index in [2.05, 4.69) is 5.32 Å². The van der Waals surface area contributed by atoms with Gasteiger partial charge >= 0.3 is 0 Å². The second kappa shape index (κ2) is 8.62. The SMILES string of the molecule is CN(C)C(CNC(=O)/C=C/c1ccccc1Cl)c1cccc(F)c1. The van der Waals surface area contributed by atoms with Crippen molar-refractivity contribution in [2.45, 2.75) is 6.04 Å². The van der Waals surface area contributed by atoms with Gasteiger partial charge in [-0.15, -0.1) is 0 Å². The van der Waals surface area contributed by atoms with Crippen molar-refractivity contribution in [1.82, 2.24) is 10.2 Å². The summed E-state index contributed by atoms with van der Waals surface area (Å²) in [6, 6.07) is 13.6. The summed E-state index contributed by atoms with van der Waals surface area (Å²) in [6.45, 7) is 0.377. The quantitative estimate of drug-likeness (QED) is 0.804. The number of likely N-dealkylation sites (N-methyl/N-ethyl adjacent to an activating group) is 1. The molecule has 0 heterocycles. The van der Waals surface area contributed by atoms with Crippen LogP contribution in [-0.2, 0) is 4.79 Å². The topological polar surface area (TPSA) is 32.3 Å². The fraction of sp³-hybridized carbons (Fsp3) is 0.211. The third kappa shape index (κ3) is 5.18. The first-order valence-corrected chi connectivity index (χ1v) is 7.97. The van der Waals surface area contributed by atoms with E-state index >= 15 is 0 Å². The first-order chi connectivity index (χ1) is 11.5. The molecule has 0 fully saturated rings. The van der Waals surface area contributed by atoms with E-state index < -0.39 is 0 Å². The Morgan fingerprint density at radius 3 is 2.67 bits per heavy atom. The first kappa shape index (κ1) is 18.2. The van der Waals surface area contributed by atoms with Crippen molar-refractivity contribution in [3.05, 3.63) is 76.6 Å². The predicted molar refractivity (Wildman–Crippen MR) is 96.3 cm³/mol. The van der Waals surface area contributed by atoms with E-state index in [-0.39, 0.29) is 17.8 Å². The highest BCUT2D eigenvalue weighted by molar-refractivity contribution is 6.32. The molecular weight excluding hydrogens is 327 g/mol. The maximum atomic E-state index is 13.4. The fourth-order valence-electron chi connectivity index (χ4n) is 2.34. The monoisotopic (exact) mass is 346 g/mol. The van der Waals surface area contributed by atoms with Crippen LogP contribution in [0.1, 0.15) is 17.2 Å². The van der Waals surface area contributed by atoms with Crippen molar-refractivity contribution in [2.24, 2.45) is 0 Å². The van der Waals surface area contributed by atoms with E-state index in [9.17, 15) is 9.18 Å². The van der Waals surface area contributed by atoms with Crippen molar-refractivity contribution < 1.29 is 9.18 Å². The van der Waals surface area contributed by atoms with Crippen molar-refractivity contribution in [1.29, 1.82) is 0 Å². The minimum atomic E-state index is -0.288. The summed E-state index contributed by atoms with van der Waals surface area (Å²) in [4.78, 5) is 14.0. The number of benzene rings is 2. The lowest BCUT2D eigenvalue weighted by Gasteiger charge is -2.24. The van der Waals surface area contributed by atoms with Gasteiger partial charge in [0, 0.05) is 17.6 Å². The molecule has 1 N–H and O–H groups in total. The van der Waals surface area contributed by atoms with E-state index in [4.69, 9.17) is 11.6 Å². The van der Waals surface area contributed by atoms with Gasteiger partial charge in [0.05, 0.1) is 6.04 Å². The molecule has 2 rings (SSSR count). The first-order valence-electron chi connectivity index (χ1n) is 7.59. The Morgan fingerprint density at radius 1 is 1.25 bits per heavy atom. The van der Waals surface area contributed by atoms with Crippen LogP contribution in [0.25, 0.3) is 6.08 Å². The summed E-state index contributed by atoms with van der Waals surface area (Å²) < 4.78 is 13.4. The van der Waals surface area contributed by atoms with Crippen molar-refractivity contribution in [3.8, 4) is 0 Å². The molecule has 0 bridgehead atoms. The number of carbonyl (C=O) groups excluding carboxylic acids is 1. The van der Waals surface area contributed by atoms with Gasteiger partial charge in [0.15, 0.2) is 0 Å². The van der Waals surface area contributed by atoms with Gasteiger partial charge in [0.1, 0.15) is 5.82 Å². The molecule has 1 amide bonds. The highest BCUT2D eigenvalue weighted by atomic mass is 35.5.